The van der Waals surface area contributed by atoms with Gasteiger partial charge in [0, 0.05) is 25.7 Å². The van der Waals surface area contributed by atoms with Gasteiger partial charge in [-0.15, -0.1) is 0 Å². The molecule has 2 amide bonds. The number of nitrogens with zero attached hydrogens (tertiary/aromatic N) is 2. The Morgan fingerprint density at radius 2 is 1.72 bits per heavy atom. The molecule has 1 unspecified atom stereocenters. The highest BCUT2D eigenvalue weighted by atomic mass is 16.3. The summed E-state index contributed by atoms with van der Waals surface area (Å²) in [6.45, 7) is 5.78. The quantitative estimate of drug-likeness (QED) is 0.829. The van der Waals surface area contributed by atoms with Gasteiger partial charge in [-0.2, -0.15) is 0 Å². The topological polar surface area (TPSA) is 60.9 Å². The minimum Gasteiger partial charge on any atom is -0.390 e. The first kappa shape index (κ1) is 20.4. The highest BCUT2D eigenvalue weighted by Gasteiger charge is 2.53. The van der Waals surface area contributed by atoms with Crippen LogP contribution in [0.2, 0.25) is 0 Å². The van der Waals surface area contributed by atoms with Gasteiger partial charge in [-0.25, -0.2) is 0 Å². The first-order valence-corrected chi connectivity index (χ1v) is 11.2. The van der Waals surface area contributed by atoms with Crippen molar-refractivity contribution in [3.8, 4) is 0 Å². The molecule has 2 aliphatic heterocycles. The molecule has 4 rings (SSSR count). The summed E-state index contributed by atoms with van der Waals surface area (Å²) < 4.78 is 0. The van der Waals surface area contributed by atoms with Gasteiger partial charge in [0.25, 0.3) is 0 Å². The zero-order chi connectivity index (χ0) is 20.6. The van der Waals surface area contributed by atoms with E-state index in [1.807, 2.05) is 23.1 Å². The van der Waals surface area contributed by atoms with Crippen molar-refractivity contribution in [3.63, 3.8) is 0 Å². The second-order valence-electron chi connectivity index (χ2n) is 9.86. The molecule has 29 heavy (non-hydrogen) atoms. The fourth-order valence-electron chi connectivity index (χ4n) is 5.36. The van der Waals surface area contributed by atoms with E-state index in [9.17, 15) is 14.7 Å². The molecule has 3 aliphatic rings. The Morgan fingerprint density at radius 3 is 2.31 bits per heavy atom. The number of aliphatic hydroxyl groups is 1. The molecule has 1 aliphatic carbocycles. The Hall–Kier alpha value is -1.88. The maximum atomic E-state index is 13.3. The number of benzene rings is 1. The molecule has 158 valence electrons. The summed E-state index contributed by atoms with van der Waals surface area (Å²) in [6, 6.07) is 10.5. The molecular weight excluding hydrogens is 364 g/mol. The molecule has 1 atom stereocenters. The summed E-state index contributed by atoms with van der Waals surface area (Å²) in [4.78, 5) is 30.0. The van der Waals surface area contributed by atoms with Crippen LogP contribution in [0.3, 0.4) is 0 Å². The molecule has 0 spiro atoms. The molecule has 2 saturated heterocycles. The highest BCUT2D eigenvalue weighted by molar-refractivity contribution is 5.91. The van der Waals surface area contributed by atoms with E-state index in [0.29, 0.717) is 11.8 Å². The third-order valence-corrected chi connectivity index (χ3v) is 7.06. The number of amides is 2. The SMILES string of the molecule is CC(C)(O)CC(=O)N1CCCC1C1CCN(C(=O)C2(c3ccccc3)CC2)CC1. The highest BCUT2D eigenvalue weighted by Crippen LogP contribution is 2.50. The van der Waals surface area contributed by atoms with Crippen molar-refractivity contribution in [1.82, 2.24) is 9.80 Å². The average Bonchev–Trinajstić information content (AvgIpc) is 3.36. The molecule has 1 aromatic rings. The van der Waals surface area contributed by atoms with Gasteiger partial charge < -0.3 is 14.9 Å². The lowest BCUT2D eigenvalue weighted by Crippen LogP contribution is -2.49. The summed E-state index contributed by atoms with van der Waals surface area (Å²) in [7, 11) is 0. The van der Waals surface area contributed by atoms with Crippen LogP contribution in [0.4, 0.5) is 0 Å². The largest absolute Gasteiger partial charge is 0.390 e. The van der Waals surface area contributed by atoms with Crippen LogP contribution >= 0.6 is 0 Å². The van der Waals surface area contributed by atoms with Crippen LogP contribution in [0, 0.1) is 5.92 Å². The molecule has 2 heterocycles. The molecule has 1 aromatic carbocycles. The summed E-state index contributed by atoms with van der Waals surface area (Å²) >= 11 is 0. The van der Waals surface area contributed by atoms with Crippen molar-refractivity contribution >= 4 is 11.8 Å². The number of carbonyl (C=O) groups is 2. The van der Waals surface area contributed by atoms with Gasteiger partial charge in [0.1, 0.15) is 0 Å². The number of carbonyl (C=O) groups excluding carboxylic acids is 2. The first-order valence-electron chi connectivity index (χ1n) is 11.2. The molecular formula is C24H34N2O3. The minimum absolute atomic E-state index is 0.0690. The Balaban J connectivity index is 1.36. The number of piperidine rings is 1. The fourth-order valence-corrected chi connectivity index (χ4v) is 5.36. The van der Waals surface area contributed by atoms with E-state index < -0.39 is 5.60 Å². The lowest BCUT2D eigenvalue weighted by molar-refractivity contribution is -0.139. The zero-order valence-electron chi connectivity index (χ0n) is 17.8. The summed E-state index contributed by atoms with van der Waals surface area (Å²) in [5.74, 6) is 0.822. The molecule has 3 fully saturated rings. The Morgan fingerprint density at radius 1 is 1.07 bits per heavy atom. The Bertz CT molecular complexity index is 743. The maximum Gasteiger partial charge on any atom is 0.233 e. The summed E-state index contributed by atoms with van der Waals surface area (Å²) in [6.07, 6.45) is 6.11. The normalized spacial score (nSPS) is 24.6. The van der Waals surface area contributed by atoms with Gasteiger partial charge in [-0.05, 0) is 63.9 Å². The van der Waals surface area contributed by atoms with Gasteiger partial charge in [-0.3, -0.25) is 9.59 Å². The number of likely N-dealkylation sites (tertiary alicyclic amines) is 2. The van der Waals surface area contributed by atoms with Crippen molar-refractivity contribution in [3.05, 3.63) is 35.9 Å². The van der Waals surface area contributed by atoms with Gasteiger partial charge in [-0.1, -0.05) is 30.3 Å². The number of hydrogen-bond donors (Lipinski definition) is 1. The molecule has 5 heteroatoms. The van der Waals surface area contributed by atoms with Crippen molar-refractivity contribution in [2.24, 2.45) is 5.92 Å². The van der Waals surface area contributed by atoms with E-state index in [2.05, 4.69) is 17.0 Å². The monoisotopic (exact) mass is 398 g/mol. The van der Waals surface area contributed by atoms with E-state index in [-0.39, 0.29) is 23.8 Å². The van der Waals surface area contributed by atoms with Gasteiger partial charge in [0.2, 0.25) is 11.8 Å². The molecule has 0 aromatic heterocycles. The predicted molar refractivity (Wildman–Crippen MR) is 112 cm³/mol. The van der Waals surface area contributed by atoms with E-state index in [1.165, 1.54) is 0 Å². The van der Waals surface area contributed by atoms with Crippen LogP contribution < -0.4 is 0 Å². The maximum absolute atomic E-state index is 13.3. The van der Waals surface area contributed by atoms with Crippen molar-refractivity contribution in [2.75, 3.05) is 19.6 Å². The smallest absolute Gasteiger partial charge is 0.233 e. The summed E-state index contributed by atoms with van der Waals surface area (Å²) in [5, 5.41) is 10.0. The van der Waals surface area contributed by atoms with Gasteiger partial charge in [0.15, 0.2) is 0 Å². The van der Waals surface area contributed by atoms with E-state index in [0.717, 1.165) is 63.7 Å². The van der Waals surface area contributed by atoms with E-state index >= 15 is 0 Å². The van der Waals surface area contributed by atoms with Crippen LogP contribution in [0.5, 0.6) is 0 Å². The first-order chi connectivity index (χ1) is 13.8. The molecule has 1 N–H and O–H groups in total. The number of rotatable bonds is 5. The van der Waals surface area contributed by atoms with Crippen LogP contribution in [-0.2, 0) is 15.0 Å². The lowest BCUT2D eigenvalue weighted by atomic mass is 9.86. The average molecular weight is 399 g/mol. The third kappa shape index (κ3) is 4.20. The van der Waals surface area contributed by atoms with Crippen molar-refractivity contribution in [1.29, 1.82) is 0 Å². The fraction of sp³-hybridized carbons (Fsp3) is 0.667. The molecule has 5 nitrogen and oxygen atoms in total. The minimum atomic E-state index is -0.962. The second-order valence-corrected chi connectivity index (χ2v) is 9.86. The van der Waals surface area contributed by atoms with Crippen LogP contribution in [0.15, 0.2) is 30.3 Å². The molecule has 0 bridgehead atoms. The second kappa shape index (κ2) is 7.75. The Labute approximate surface area is 174 Å². The van der Waals surface area contributed by atoms with Crippen LogP contribution in [0.1, 0.15) is 64.4 Å². The van der Waals surface area contributed by atoms with E-state index in [4.69, 9.17) is 0 Å². The molecule has 0 radical (unpaired) electrons. The lowest BCUT2D eigenvalue weighted by Gasteiger charge is -2.39. The summed E-state index contributed by atoms with van der Waals surface area (Å²) in [5.41, 5.74) is -0.0852. The van der Waals surface area contributed by atoms with Gasteiger partial charge in [0.05, 0.1) is 17.4 Å². The zero-order valence-corrected chi connectivity index (χ0v) is 17.8. The van der Waals surface area contributed by atoms with Crippen molar-refractivity contribution in [2.45, 2.75) is 75.9 Å². The predicted octanol–water partition coefficient (Wildman–Crippen LogP) is 3.11. The third-order valence-electron chi connectivity index (χ3n) is 7.06. The van der Waals surface area contributed by atoms with Crippen molar-refractivity contribution < 1.29 is 14.7 Å². The van der Waals surface area contributed by atoms with E-state index in [1.54, 1.807) is 13.8 Å². The van der Waals surface area contributed by atoms with Crippen LogP contribution in [-0.4, -0.2) is 58.0 Å². The number of hydrogen-bond acceptors (Lipinski definition) is 3. The standard InChI is InChI=1S/C24H34N2O3/c1-23(2,29)17-21(27)26-14-6-9-20(26)18-10-15-25(16-11-18)22(28)24(12-13-24)19-7-4-3-5-8-19/h3-5,7-8,18,20,29H,6,9-17H2,1-2H3. The molecule has 1 saturated carbocycles. The van der Waals surface area contributed by atoms with Gasteiger partial charge >= 0.3 is 0 Å². The Kier molecular flexibility index (Phi) is 5.45. The van der Waals surface area contributed by atoms with Crippen LogP contribution in [0.25, 0.3) is 0 Å².